The van der Waals surface area contributed by atoms with Crippen molar-refractivity contribution in [2.75, 3.05) is 36.4 Å². The second kappa shape index (κ2) is 9.93. The molecule has 2 aromatic rings. The van der Waals surface area contributed by atoms with Gasteiger partial charge in [-0.1, -0.05) is 31.0 Å². The number of para-hydroxylation sites is 1. The third-order valence-corrected chi connectivity index (χ3v) is 5.15. The van der Waals surface area contributed by atoms with Crippen LogP contribution in [-0.4, -0.2) is 42.9 Å². The summed E-state index contributed by atoms with van der Waals surface area (Å²) >= 11 is 0. The lowest BCUT2D eigenvalue weighted by Gasteiger charge is -2.22. The van der Waals surface area contributed by atoms with Gasteiger partial charge in [-0.2, -0.15) is 0 Å². The molecule has 5 heteroatoms. The predicted octanol–water partition coefficient (Wildman–Crippen LogP) is 4.17. The zero-order chi connectivity index (χ0) is 19.8. The minimum atomic E-state index is 0.0124. The number of likely N-dealkylation sites (tertiary alicyclic amines) is 1. The zero-order valence-corrected chi connectivity index (χ0v) is 16.6. The van der Waals surface area contributed by atoms with E-state index in [4.69, 9.17) is 0 Å². The Hall–Kier alpha value is -2.82. The molecule has 2 aromatic carbocycles. The van der Waals surface area contributed by atoms with E-state index < -0.39 is 0 Å². The van der Waals surface area contributed by atoms with Gasteiger partial charge in [-0.3, -0.25) is 9.59 Å². The van der Waals surface area contributed by atoms with Crippen molar-refractivity contribution in [3.8, 4) is 0 Å². The molecule has 0 aromatic heterocycles. The summed E-state index contributed by atoms with van der Waals surface area (Å²) in [7, 11) is 0. The first-order valence-corrected chi connectivity index (χ1v) is 10.2. The lowest BCUT2D eigenvalue weighted by Crippen LogP contribution is -2.35. The number of rotatable bonds is 6. The fourth-order valence-electron chi connectivity index (χ4n) is 3.57. The van der Waals surface area contributed by atoms with Gasteiger partial charge in [0.1, 0.15) is 0 Å². The van der Waals surface area contributed by atoms with E-state index in [9.17, 15) is 9.59 Å². The quantitative estimate of drug-likeness (QED) is 0.820. The molecule has 0 unspecified atom stereocenters. The zero-order valence-electron chi connectivity index (χ0n) is 16.6. The van der Waals surface area contributed by atoms with Crippen molar-refractivity contribution in [1.82, 2.24) is 4.90 Å². The third-order valence-electron chi connectivity index (χ3n) is 5.15. The summed E-state index contributed by atoms with van der Waals surface area (Å²) in [6.45, 7) is 4.49. The Balaban J connectivity index is 1.56. The van der Waals surface area contributed by atoms with E-state index in [0.717, 1.165) is 37.3 Å². The SMILES string of the molecule is CCN(C(=O)CNc1ccc(C(=O)N2CCCCCC2)cc1)c1ccccc1. The van der Waals surface area contributed by atoms with E-state index >= 15 is 0 Å². The van der Waals surface area contributed by atoms with Crippen LogP contribution >= 0.6 is 0 Å². The van der Waals surface area contributed by atoms with Crippen LogP contribution in [0.5, 0.6) is 0 Å². The summed E-state index contributed by atoms with van der Waals surface area (Å²) in [5.41, 5.74) is 2.44. The van der Waals surface area contributed by atoms with E-state index in [0.29, 0.717) is 12.1 Å². The van der Waals surface area contributed by atoms with Crippen LogP contribution in [0.1, 0.15) is 43.0 Å². The van der Waals surface area contributed by atoms with Gasteiger partial charge in [-0.25, -0.2) is 0 Å². The van der Waals surface area contributed by atoms with Gasteiger partial charge in [0.25, 0.3) is 5.91 Å². The van der Waals surface area contributed by atoms with Crippen molar-refractivity contribution >= 4 is 23.2 Å². The summed E-state index contributed by atoms with van der Waals surface area (Å²) in [6, 6.07) is 17.1. The summed E-state index contributed by atoms with van der Waals surface area (Å²) in [5.74, 6) is 0.115. The molecule has 1 aliphatic rings. The van der Waals surface area contributed by atoms with Crippen LogP contribution < -0.4 is 10.2 Å². The van der Waals surface area contributed by atoms with Gasteiger partial charge in [0.05, 0.1) is 6.54 Å². The van der Waals surface area contributed by atoms with Crippen molar-refractivity contribution in [1.29, 1.82) is 0 Å². The molecule has 1 saturated heterocycles. The standard InChI is InChI=1S/C23H29N3O2/c1-2-26(21-10-6-5-7-11-21)22(27)18-24-20-14-12-19(13-15-20)23(28)25-16-8-3-4-9-17-25/h5-7,10-15,24H,2-4,8-9,16-18H2,1H3. The van der Waals surface area contributed by atoms with E-state index in [1.807, 2.05) is 66.4 Å². The van der Waals surface area contributed by atoms with Crippen molar-refractivity contribution in [3.63, 3.8) is 0 Å². The van der Waals surface area contributed by atoms with E-state index in [1.54, 1.807) is 4.90 Å². The molecule has 1 N–H and O–H groups in total. The van der Waals surface area contributed by atoms with Gasteiger partial charge in [0, 0.05) is 36.6 Å². The smallest absolute Gasteiger partial charge is 0.253 e. The molecule has 0 spiro atoms. The topological polar surface area (TPSA) is 52.7 Å². The lowest BCUT2D eigenvalue weighted by molar-refractivity contribution is -0.116. The van der Waals surface area contributed by atoms with Gasteiger partial charge < -0.3 is 15.1 Å². The molecule has 148 valence electrons. The maximum Gasteiger partial charge on any atom is 0.253 e. The molecule has 1 aliphatic heterocycles. The molecular weight excluding hydrogens is 350 g/mol. The van der Waals surface area contributed by atoms with E-state index in [1.165, 1.54) is 12.8 Å². The highest BCUT2D eigenvalue weighted by atomic mass is 16.2. The number of benzene rings is 2. The van der Waals surface area contributed by atoms with E-state index in [2.05, 4.69) is 5.32 Å². The largest absolute Gasteiger partial charge is 0.376 e. The molecule has 2 amide bonds. The molecule has 0 bridgehead atoms. The van der Waals surface area contributed by atoms with Gasteiger partial charge in [0.15, 0.2) is 0 Å². The molecule has 0 aliphatic carbocycles. The first-order valence-electron chi connectivity index (χ1n) is 10.2. The Morgan fingerprint density at radius 2 is 1.57 bits per heavy atom. The molecule has 0 atom stereocenters. The molecule has 5 nitrogen and oxygen atoms in total. The summed E-state index contributed by atoms with van der Waals surface area (Å²) in [5, 5.41) is 3.17. The fraction of sp³-hybridized carbons (Fsp3) is 0.391. The number of amides is 2. The van der Waals surface area contributed by atoms with Gasteiger partial charge >= 0.3 is 0 Å². The molecule has 3 rings (SSSR count). The number of carbonyl (C=O) groups excluding carboxylic acids is 2. The number of nitrogens with one attached hydrogen (secondary N) is 1. The van der Waals surface area contributed by atoms with Crippen molar-refractivity contribution in [3.05, 3.63) is 60.2 Å². The Morgan fingerprint density at radius 3 is 2.18 bits per heavy atom. The van der Waals surface area contributed by atoms with Crippen molar-refractivity contribution < 1.29 is 9.59 Å². The monoisotopic (exact) mass is 379 g/mol. The number of carbonyl (C=O) groups is 2. The third kappa shape index (κ3) is 5.12. The van der Waals surface area contributed by atoms with Gasteiger partial charge in [-0.15, -0.1) is 0 Å². The summed E-state index contributed by atoms with van der Waals surface area (Å²) < 4.78 is 0. The van der Waals surface area contributed by atoms with Crippen LogP contribution in [0.25, 0.3) is 0 Å². The highest BCUT2D eigenvalue weighted by Gasteiger charge is 2.17. The average molecular weight is 380 g/mol. The number of likely N-dealkylation sites (N-methyl/N-ethyl adjacent to an activating group) is 1. The predicted molar refractivity (Wildman–Crippen MR) is 114 cm³/mol. The molecule has 0 saturated carbocycles. The van der Waals surface area contributed by atoms with E-state index in [-0.39, 0.29) is 18.4 Å². The van der Waals surface area contributed by atoms with Gasteiger partial charge in [0.2, 0.25) is 5.91 Å². The minimum Gasteiger partial charge on any atom is -0.376 e. The Morgan fingerprint density at radius 1 is 0.929 bits per heavy atom. The Labute approximate surface area is 167 Å². The van der Waals surface area contributed by atoms with Gasteiger partial charge in [-0.05, 0) is 56.2 Å². The van der Waals surface area contributed by atoms with Crippen LogP contribution in [-0.2, 0) is 4.79 Å². The van der Waals surface area contributed by atoms with Crippen LogP contribution in [0, 0.1) is 0 Å². The second-order valence-corrected chi connectivity index (χ2v) is 7.11. The highest BCUT2D eigenvalue weighted by Crippen LogP contribution is 2.16. The number of hydrogen-bond acceptors (Lipinski definition) is 3. The van der Waals surface area contributed by atoms with Crippen LogP contribution in [0.3, 0.4) is 0 Å². The molecular formula is C23H29N3O2. The average Bonchev–Trinajstić information content (AvgIpc) is 3.03. The van der Waals surface area contributed by atoms with Crippen LogP contribution in [0.2, 0.25) is 0 Å². The first-order chi connectivity index (χ1) is 13.7. The summed E-state index contributed by atoms with van der Waals surface area (Å²) in [4.78, 5) is 28.9. The van der Waals surface area contributed by atoms with Crippen LogP contribution in [0.15, 0.2) is 54.6 Å². The minimum absolute atomic E-state index is 0.0124. The Bertz CT molecular complexity index is 766. The maximum absolute atomic E-state index is 12.7. The molecule has 1 fully saturated rings. The van der Waals surface area contributed by atoms with Crippen molar-refractivity contribution in [2.24, 2.45) is 0 Å². The molecule has 28 heavy (non-hydrogen) atoms. The Kier molecular flexibility index (Phi) is 7.06. The summed E-state index contributed by atoms with van der Waals surface area (Å²) in [6.07, 6.45) is 4.59. The molecule has 1 heterocycles. The fourth-order valence-corrected chi connectivity index (χ4v) is 3.57. The highest BCUT2D eigenvalue weighted by molar-refractivity contribution is 5.96. The number of nitrogens with zero attached hydrogens (tertiary/aromatic N) is 2. The molecule has 0 radical (unpaired) electrons. The lowest BCUT2D eigenvalue weighted by atomic mass is 10.1. The normalized spacial score (nSPS) is 14.2. The van der Waals surface area contributed by atoms with Crippen molar-refractivity contribution in [2.45, 2.75) is 32.6 Å². The van der Waals surface area contributed by atoms with Crippen LogP contribution in [0.4, 0.5) is 11.4 Å². The maximum atomic E-state index is 12.7. The first kappa shape index (κ1) is 19.9. The second-order valence-electron chi connectivity index (χ2n) is 7.11. The number of hydrogen-bond donors (Lipinski definition) is 1. The number of anilines is 2.